The van der Waals surface area contributed by atoms with E-state index in [2.05, 4.69) is 10.6 Å². The zero-order valence-corrected chi connectivity index (χ0v) is 13.5. The minimum Gasteiger partial charge on any atom is -0.383 e. The Morgan fingerprint density at radius 3 is 2.58 bits per heavy atom. The summed E-state index contributed by atoms with van der Waals surface area (Å²) in [6.45, 7) is 0.701. The number of hydrogen-bond acceptors (Lipinski definition) is 3. The maximum absolute atomic E-state index is 12.8. The van der Waals surface area contributed by atoms with Crippen LogP contribution >= 0.6 is 11.6 Å². The van der Waals surface area contributed by atoms with Crippen molar-refractivity contribution in [2.45, 2.75) is 12.6 Å². The second kappa shape index (κ2) is 7.40. The largest absolute Gasteiger partial charge is 0.417 e. The SMILES string of the molecule is COCCNC(=O)C1CC1C(=O)Nc1ccc(Cl)c(C(F)(F)F)c1. The molecule has 1 aliphatic carbocycles. The van der Waals surface area contributed by atoms with E-state index in [0.717, 1.165) is 12.1 Å². The van der Waals surface area contributed by atoms with Gasteiger partial charge in [-0.2, -0.15) is 13.2 Å². The van der Waals surface area contributed by atoms with Gasteiger partial charge in [0.05, 0.1) is 29.0 Å². The number of alkyl halides is 3. The predicted molar refractivity (Wildman–Crippen MR) is 81.6 cm³/mol. The maximum atomic E-state index is 12.8. The molecule has 0 heterocycles. The van der Waals surface area contributed by atoms with Crippen molar-refractivity contribution in [3.63, 3.8) is 0 Å². The van der Waals surface area contributed by atoms with E-state index in [-0.39, 0.29) is 11.6 Å². The van der Waals surface area contributed by atoms with Crippen molar-refractivity contribution in [2.75, 3.05) is 25.6 Å². The van der Waals surface area contributed by atoms with Crippen molar-refractivity contribution in [1.82, 2.24) is 5.32 Å². The van der Waals surface area contributed by atoms with Crippen LogP contribution in [0.4, 0.5) is 18.9 Å². The van der Waals surface area contributed by atoms with Gasteiger partial charge in [-0.25, -0.2) is 0 Å². The monoisotopic (exact) mass is 364 g/mol. The standard InChI is InChI=1S/C15H16ClF3N2O3/c1-24-5-4-20-13(22)9-7-10(9)14(23)21-8-2-3-12(16)11(6-8)15(17,18)19/h2-3,6,9-10H,4-5,7H2,1H3,(H,20,22)(H,21,23). The fourth-order valence-corrected chi connectivity index (χ4v) is 2.46. The van der Waals surface area contributed by atoms with Crippen molar-refractivity contribution in [2.24, 2.45) is 11.8 Å². The Morgan fingerprint density at radius 2 is 1.96 bits per heavy atom. The molecule has 1 fully saturated rings. The van der Waals surface area contributed by atoms with E-state index < -0.39 is 34.5 Å². The minimum atomic E-state index is -4.61. The van der Waals surface area contributed by atoms with Crippen LogP contribution < -0.4 is 10.6 Å². The molecule has 1 aliphatic rings. The van der Waals surface area contributed by atoms with Crippen LogP contribution in [0.3, 0.4) is 0 Å². The molecule has 1 aromatic carbocycles. The molecule has 2 unspecified atom stereocenters. The van der Waals surface area contributed by atoms with Crippen molar-refractivity contribution >= 4 is 29.1 Å². The van der Waals surface area contributed by atoms with Gasteiger partial charge in [0.15, 0.2) is 0 Å². The van der Waals surface area contributed by atoms with Crippen molar-refractivity contribution in [1.29, 1.82) is 0 Å². The molecule has 9 heteroatoms. The normalized spacial score (nSPS) is 19.7. The Kier molecular flexibility index (Phi) is 5.71. The number of carbonyl (C=O) groups excluding carboxylic acids is 2. The molecular weight excluding hydrogens is 349 g/mol. The van der Waals surface area contributed by atoms with Crippen molar-refractivity contribution in [3.8, 4) is 0 Å². The van der Waals surface area contributed by atoms with Crippen molar-refractivity contribution < 1.29 is 27.5 Å². The third-order valence-electron chi connectivity index (χ3n) is 3.61. The number of anilines is 1. The summed E-state index contributed by atoms with van der Waals surface area (Å²) in [5, 5.41) is 4.57. The summed E-state index contributed by atoms with van der Waals surface area (Å²) in [5.41, 5.74) is -1.03. The summed E-state index contributed by atoms with van der Waals surface area (Å²) in [7, 11) is 1.50. The van der Waals surface area contributed by atoms with Crippen LogP contribution in [0.25, 0.3) is 0 Å². The van der Waals surface area contributed by atoms with E-state index >= 15 is 0 Å². The van der Waals surface area contributed by atoms with Gasteiger partial charge in [-0.15, -0.1) is 0 Å². The summed E-state index contributed by atoms with van der Waals surface area (Å²) in [5.74, 6) is -1.76. The lowest BCUT2D eigenvalue weighted by Crippen LogP contribution is -2.30. The number of rotatable bonds is 6. The number of amides is 2. The summed E-state index contributed by atoms with van der Waals surface area (Å²) in [4.78, 5) is 23.8. The topological polar surface area (TPSA) is 67.4 Å². The number of carbonyl (C=O) groups is 2. The molecule has 2 atom stereocenters. The second-order valence-corrected chi connectivity index (χ2v) is 5.82. The maximum Gasteiger partial charge on any atom is 0.417 e. The Labute approximate surface area is 141 Å². The predicted octanol–water partition coefficient (Wildman–Crippen LogP) is 2.70. The van der Waals surface area contributed by atoms with Crippen molar-refractivity contribution in [3.05, 3.63) is 28.8 Å². The molecule has 0 radical (unpaired) electrons. The van der Waals surface area contributed by atoms with Gasteiger partial charge in [0.25, 0.3) is 0 Å². The quantitative estimate of drug-likeness (QED) is 0.763. The first-order valence-electron chi connectivity index (χ1n) is 7.18. The van der Waals surface area contributed by atoms with E-state index in [1.807, 2.05) is 0 Å². The van der Waals surface area contributed by atoms with E-state index in [9.17, 15) is 22.8 Å². The highest BCUT2D eigenvalue weighted by Gasteiger charge is 2.48. The average molecular weight is 365 g/mol. The molecular formula is C15H16ClF3N2O3. The number of halogens is 4. The molecule has 0 spiro atoms. The van der Waals surface area contributed by atoms with E-state index in [1.165, 1.54) is 13.2 Å². The van der Waals surface area contributed by atoms with Gasteiger partial charge in [0.2, 0.25) is 11.8 Å². The third kappa shape index (κ3) is 4.61. The fraction of sp³-hybridized carbons (Fsp3) is 0.467. The Morgan fingerprint density at radius 1 is 1.29 bits per heavy atom. The fourth-order valence-electron chi connectivity index (χ4n) is 2.24. The van der Waals surface area contributed by atoms with Gasteiger partial charge < -0.3 is 15.4 Å². The first-order chi connectivity index (χ1) is 11.2. The number of hydrogen-bond donors (Lipinski definition) is 2. The van der Waals surface area contributed by atoms with Gasteiger partial charge in [0, 0.05) is 19.3 Å². The Bertz CT molecular complexity index is 637. The number of benzene rings is 1. The Balaban J connectivity index is 1.93. The second-order valence-electron chi connectivity index (χ2n) is 5.41. The molecule has 24 heavy (non-hydrogen) atoms. The van der Waals surface area contributed by atoms with E-state index in [0.29, 0.717) is 19.6 Å². The summed E-state index contributed by atoms with van der Waals surface area (Å²) in [6, 6.07) is 3.13. The zero-order valence-electron chi connectivity index (χ0n) is 12.7. The summed E-state index contributed by atoms with van der Waals surface area (Å²) < 4.78 is 43.2. The van der Waals surface area contributed by atoms with Crippen LogP contribution in [0.15, 0.2) is 18.2 Å². The highest BCUT2D eigenvalue weighted by Crippen LogP contribution is 2.40. The first-order valence-corrected chi connectivity index (χ1v) is 7.56. The molecule has 0 aliphatic heterocycles. The van der Waals surface area contributed by atoms with Crippen LogP contribution in [-0.4, -0.2) is 32.1 Å². The summed E-state index contributed by atoms with van der Waals surface area (Å²) >= 11 is 5.52. The highest BCUT2D eigenvalue weighted by molar-refractivity contribution is 6.31. The average Bonchev–Trinajstić information content (AvgIpc) is 3.29. The van der Waals surface area contributed by atoms with Crippen LogP contribution in [0.5, 0.6) is 0 Å². The highest BCUT2D eigenvalue weighted by atomic mass is 35.5. The lowest BCUT2D eigenvalue weighted by atomic mass is 10.2. The van der Waals surface area contributed by atoms with Crippen LogP contribution in [0.2, 0.25) is 5.02 Å². The van der Waals surface area contributed by atoms with Crippen LogP contribution in [0, 0.1) is 11.8 Å². The molecule has 5 nitrogen and oxygen atoms in total. The molecule has 0 aromatic heterocycles. The van der Waals surface area contributed by atoms with Gasteiger partial charge in [-0.3, -0.25) is 9.59 Å². The lowest BCUT2D eigenvalue weighted by Gasteiger charge is -2.11. The van der Waals surface area contributed by atoms with Crippen LogP contribution in [0.1, 0.15) is 12.0 Å². The molecule has 2 rings (SSSR count). The van der Waals surface area contributed by atoms with E-state index in [4.69, 9.17) is 16.3 Å². The van der Waals surface area contributed by atoms with E-state index in [1.54, 1.807) is 0 Å². The smallest absolute Gasteiger partial charge is 0.383 e. The van der Waals surface area contributed by atoms with Gasteiger partial charge >= 0.3 is 6.18 Å². The number of methoxy groups -OCH3 is 1. The third-order valence-corrected chi connectivity index (χ3v) is 3.94. The molecule has 132 valence electrons. The molecule has 1 aromatic rings. The Hall–Kier alpha value is -1.80. The number of ether oxygens (including phenoxy) is 1. The molecule has 2 amide bonds. The molecule has 0 bridgehead atoms. The van der Waals surface area contributed by atoms with Gasteiger partial charge in [-0.05, 0) is 24.6 Å². The van der Waals surface area contributed by atoms with Crippen LogP contribution in [-0.2, 0) is 20.5 Å². The summed E-state index contributed by atoms with van der Waals surface area (Å²) in [6.07, 6.45) is -4.24. The van der Waals surface area contributed by atoms with Gasteiger partial charge in [0.1, 0.15) is 0 Å². The minimum absolute atomic E-state index is 0.0119. The first kappa shape index (κ1) is 18.5. The lowest BCUT2D eigenvalue weighted by molar-refractivity contribution is -0.137. The zero-order chi connectivity index (χ0) is 17.9. The molecule has 0 saturated heterocycles. The number of nitrogens with one attached hydrogen (secondary N) is 2. The molecule has 2 N–H and O–H groups in total. The molecule has 1 saturated carbocycles. The van der Waals surface area contributed by atoms with Gasteiger partial charge in [-0.1, -0.05) is 11.6 Å².